The summed E-state index contributed by atoms with van der Waals surface area (Å²) in [6.45, 7) is 6.02. The molecular weight excluding hydrogens is 255 g/mol. The number of rotatable bonds is 5. The van der Waals surface area contributed by atoms with Crippen LogP contribution >= 0.6 is 0 Å². The summed E-state index contributed by atoms with van der Waals surface area (Å²) in [6.07, 6.45) is 4.50. The summed E-state index contributed by atoms with van der Waals surface area (Å²) in [5, 5.41) is 4.55. The third-order valence-corrected chi connectivity index (χ3v) is 3.65. The smallest absolute Gasteiger partial charge is 0.153 e. The highest BCUT2D eigenvalue weighted by atomic mass is 19.1. The highest BCUT2D eigenvalue weighted by Crippen LogP contribution is 2.27. The van der Waals surface area contributed by atoms with Crippen molar-refractivity contribution in [2.45, 2.75) is 39.7 Å². The van der Waals surface area contributed by atoms with E-state index in [-0.39, 0.29) is 11.9 Å². The van der Waals surface area contributed by atoms with Gasteiger partial charge in [-0.1, -0.05) is 13.8 Å². The third kappa shape index (κ3) is 2.64. The van der Waals surface area contributed by atoms with Crippen LogP contribution in [0.25, 0.3) is 11.3 Å². The molecule has 1 aromatic carbocycles. The first-order chi connectivity index (χ1) is 9.60. The first kappa shape index (κ1) is 14.4. The molecule has 20 heavy (non-hydrogen) atoms. The van der Waals surface area contributed by atoms with Crippen molar-refractivity contribution >= 4 is 6.29 Å². The summed E-state index contributed by atoms with van der Waals surface area (Å²) in [5.41, 5.74) is 2.76. The maximum atomic E-state index is 13.2. The van der Waals surface area contributed by atoms with E-state index in [1.807, 2.05) is 11.6 Å². The van der Waals surface area contributed by atoms with Crippen molar-refractivity contribution in [1.29, 1.82) is 0 Å². The van der Waals surface area contributed by atoms with Crippen molar-refractivity contribution in [2.24, 2.45) is 0 Å². The van der Waals surface area contributed by atoms with E-state index >= 15 is 0 Å². The summed E-state index contributed by atoms with van der Waals surface area (Å²) < 4.78 is 15.0. The van der Waals surface area contributed by atoms with Gasteiger partial charge in [-0.3, -0.25) is 9.48 Å². The van der Waals surface area contributed by atoms with Gasteiger partial charge in [-0.15, -0.1) is 0 Å². The lowest BCUT2D eigenvalue weighted by atomic mass is 10.0. The minimum atomic E-state index is -0.279. The highest BCUT2D eigenvalue weighted by molar-refractivity contribution is 5.86. The van der Waals surface area contributed by atoms with Crippen LogP contribution < -0.4 is 0 Å². The topological polar surface area (TPSA) is 34.9 Å². The molecule has 0 amide bonds. The Morgan fingerprint density at radius 3 is 2.60 bits per heavy atom. The van der Waals surface area contributed by atoms with Crippen LogP contribution in [0.1, 0.15) is 48.7 Å². The summed E-state index contributed by atoms with van der Waals surface area (Å²) >= 11 is 0. The van der Waals surface area contributed by atoms with Gasteiger partial charge in [-0.2, -0.15) is 5.10 Å². The van der Waals surface area contributed by atoms with Gasteiger partial charge in [0.15, 0.2) is 6.29 Å². The third-order valence-electron chi connectivity index (χ3n) is 3.65. The molecule has 0 fully saturated rings. The van der Waals surface area contributed by atoms with Crippen molar-refractivity contribution in [3.05, 3.63) is 41.3 Å². The molecule has 106 valence electrons. The van der Waals surface area contributed by atoms with Gasteiger partial charge in [0, 0.05) is 11.8 Å². The lowest BCUT2D eigenvalue weighted by molar-refractivity contribution is 0.112. The number of halogens is 1. The Bertz CT molecular complexity index is 615. The zero-order valence-electron chi connectivity index (χ0n) is 12.1. The number of nitrogens with zero attached hydrogens (tertiary/aromatic N) is 2. The highest BCUT2D eigenvalue weighted by Gasteiger charge is 2.16. The number of hydrogen-bond donors (Lipinski definition) is 0. The largest absolute Gasteiger partial charge is 0.298 e. The molecule has 3 nitrogen and oxygen atoms in total. The molecule has 0 aliphatic heterocycles. The first-order valence-corrected chi connectivity index (χ1v) is 6.91. The molecule has 0 atom stereocenters. The number of aryl methyl sites for hydroxylation is 1. The van der Waals surface area contributed by atoms with Crippen molar-refractivity contribution in [3.8, 4) is 11.3 Å². The molecule has 0 aliphatic rings. The van der Waals surface area contributed by atoms with Crippen LogP contribution in [0.15, 0.2) is 24.4 Å². The number of benzene rings is 1. The van der Waals surface area contributed by atoms with Gasteiger partial charge in [0.1, 0.15) is 11.5 Å². The van der Waals surface area contributed by atoms with Gasteiger partial charge in [0.25, 0.3) is 0 Å². The zero-order chi connectivity index (χ0) is 14.7. The lowest BCUT2D eigenvalue weighted by Gasteiger charge is -2.12. The lowest BCUT2D eigenvalue weighted by Crippen LogP contribution is -2.07. The maximum absolute atomic E-state index is 13.2. The normalized spacial score (nSPS) is 11.1. The van der Waals surface area contributed by atoms with Crippen molar-refractivity contribution in [3.63, 3.8) is 0 Å². The predicted octanol–water partition coefficient (Wildman–Crippen LogP) is 4.17. The van der Waals surface area contributed by atoms with E-state index in [0.717, 1.165) is 30.3 Å². The predicted molar refractivity (Wildman–Crippen MR) is 77.4 cm³/mol. The van der Waals surface area contributed by atoms with E-state index in [1.54, 1.807) is 12.3 Å². The van der Waals surface area contributed by atoms with E-state index in [0.29, 0.717) is 11.3 Å². The molecule has 0 N–H and O–H groups in total. The standard InChI is InChI=1S/C16H19FN2O/c1-4-14(5-2)19-9-12(10-20)16(18-19)15-7-6-13(17)8-11(15)3/h6-10,14H,4-5H2,1-3H3. The molecule has 2 aromatic rings. The molecular formula is C16H19FN2O. The Morgan fingerprint density at radius 1 is 1.35 bits per heavy atom. The quantitative estimate of drug-likeness (QED) is 0.767. The van der Waals surface area contributed by atoms with Crippen LogP contribution in [0.3, 0.4) is 0 Å². The fraction of sp³-hybridized carbons (Fsp3) is 0.375. The summed E-state index contributed by atoms with van der Waals surface area (Å²) in [5.74, 6) is -0.279. The second-order valence-electron chi connectivity index (χ2n) is 4.96. The Kier molecular flexibility index (Phi) is 4.32. The van der Waals surface area contributed by atoms with Gasteiger partial charge in [0.05, 0.1) is 11.6 Å². The molecule has 0 unspecified atom stereocenters. The minimum absolute atomic E-state index is 0.279. The summed E-state index contributed by atoms with van der Waals surface area (Å²) in [6, 6.07) is 4.81. The molecule has 0 bridgehead atoms. The van der Waals surface area contributed by atoms with Gasteiger partial charge < -0.3 is 0 Å². The van der Waals surface area contributed by atoms with Gasteiger partial charge in [-0.25, -0.2) is 4.39 Å². The SMILES string of the molecule is CCC(CC)n1cc(C=O)c(-c2ccc(F)cc2C)n1. The summed E-state index contributed by atoms with van der Waals surface area (Å²) in [7, 11) is 0. The molecule has 0 spiro atoms. The molecule has 0 aliphatic carbocycles. The fourth-order valence-corrected chi connectivity index (χ4v) is 2.44. The number of carbonyl (C=O) groups excluding carboxylic acids is 1. The number of carbonyl (C=O) groups is 1. The van der Waals surface area contributed by atoms with Crippen LogP contribution in [-0.4, -0.2) is 16.1 Å². The van der Waals surface area contributed by atoms with E-state index in [9.17, 15) is 9.18 Å². The van der Waals surface area contributed by atoms with E-state index < -0.39 is 0 Å². The van der Waals surface area contributed by atoms with Gasteiger partial charge in [0.2, 0.25) is 0 Å². The van der Waals surface area contributed by atoms with Crippen LogP contribution in [0.4, 0.5) is 4.39 Å². The van der Waals surface area contributed by atoms with Gasteiger partial charge >= 0.3 is 0 Å². The molecule has 1 heterocycles. The minimum Gasteiger partial charge on any atom is -0.298 e. The van der Waals surface area contributed by atoms with Crippen LogP contribution in [0.5, 0.6) is 0 Å². The van der Waals surface area contributed by atoms with Crippen LogP contribution in [0.2, 0.25) is 0 Å². The molecule has 1 aromatic heterocycles. The van der Waals surface area contributed by atoms with E-state index in [2.05, 4.69) is 18.9 Å². The number of hydrogen-bond acceptors (Lipinski definition) is 2. The molecule has 4 heteroatoms. The average Bonchev–Trinajstić information content (AvgIpc) is 2.84. The van der Waals surface area contributed by atoms with Crippen LogP contribution in [-0.2, 0) is 0 Å². The number of aromatic nitrogens is 2. The van der Waals surface area contributed by atoms with E-state index in [4.69, 9.17) is 0 Å². The Morgan fingerprint density at radius 2 is 2.05 bits per heavy atom. The second kappa shape index (κ2) is 5.99. The van der Waals surface area contributed by atoms with Crippen LogP contribution in [0, 0.1) is 12.7 Å². The van der Waals surface area contributed by atoms with Crippen molar-refractivity contribution in [2.75, 3.05) is 0 Å². The zero-order valence-corrected chi connectivity index (χ0v) is 12.1. The Labute approximate surface area is 118 Å². The van der Waals surface area contributed by atoms with Gasteiger partial charge in [-0.05, 0) is 43.5 Å². The van der Waals surface area contributed by atoms with Crippen molar-refractivity contribution < 1.29 is 9.18 Å². The molecule has 2 rings (SSSR count). The Balaban J connectivity index is 2.53. The average molecular weight is 274 g/mol. The molecule has 0 saturated carbocycles. The van der Waals surface area contributed by atoms with Crippen molar-refractivity contribution in [1.82, 2.24) is 9.78 Å². The second-order valence-corrected chi connectivity index (χ2v) is 4.96. The maximum Gasteiger partial charge on any atom is 0.153 e. The summed E-state index contributed by atoms with van der Waals surface area (Å²) in [4.78, 5) is 11.3. The molecule has 0 saturated heterocycles. The van der Waals surface area contributed by atoms with E-state index in [1.165, 1.54) is 12.1 Å². The number of aldehydes is 1. The molecule has 0 radical (unpaired) electrons. The fourth-order valence-electron chi connectivity index (χ4n) is 2.44. The first-order valence-electron chi connectivity index (χ1n) is 6.91. The monoisotopic (exact) mass is 274 g/mol. The Hall–Kier alpha value is -1.97.